The molecule has 0 bridgehead atoms. The van der Waals surface area contributed by atoms with Crippen LogP contribution in [-0.4, -0.2) is 43.9 Å². The molecule has 0 saturated carbocycles. The summed E-state index contributed by atoms with van der Waals surface area (Å²) in [5, 5.41) is 4.68. The van der Waals surface area contributed by atoms with E-state index in [1.54, 1.807) is 23.5 Å². The van der Waals surface area contributed by atoms with Crippen LogP contribution in [0.5, 0.6) is 11.5 Å². The zero-order chi connectivity index (χ0) is 18.7. The van der Waals surface area contributed by atoms with Crippen molar-refractivity contribution in [2.45, 2.75) is 8.37 Å². The van der Waals surface area contributed by atoms with E-state index in [-0.39, 0.29) is 12.0 Å². The average molecular weight is 476 g/mol. The fraction of sp³-hybridized carbons (Fsp3) is 0.429. The Labute approximate surface area is 178 Å². The Hall–Kier alpha value is -0.320. The van der Waals surface area contributed by atoms with Crippen molar-refractivity contribution >= 4 is 81.4 Å². The molecule has 1 amide bonds. The number of fused-ring (bicyclic) bond motifs is 1. The molecule has 6 nitrogen and oxygen atoms in total. The van der Waals surface area contributed by atoms with Crippen LogP contribution >= 0.6 is 70.3 Å². The Bertz CT molecular complexity index is 717. The highest BCUT2D eigenvalue weighted by atomic mass is 35.6. The molecular weight excluding hydrogens is 463 g/mol. The summed E-state index contributed by atoms with van der Waals surface area (Å²) in [5.41, 5.74) is 1.00. The van der Waals surface area contributed by atoms with Gasteiger partial charge in [0.15, 0.2) is 11.5 Å². The van der Waals surface area contributed by atoms with Gasteiger partial charge < -0.3 is 9.47 Å². The Morgan fingerprint density at radius 2 is 2.12 bits per heavy atom. The second-order valence-electron chi connectivity index (χ2n) is 5.03. The smallest absolute Gasteiger partial charge is 0.445 e. The van der Waals surface area contributed by atoms with E-state index >= 15 is 0 Å². The van der Waals surface area contributed by atoms with Gasteiger partial charge in [-0.1, -0.05) is 46.0 Å². The first-order valence-corrected chi connectivity index (χ1v) is 11.2. The summed E-state index contributed by atoms with van der Waals surface area (Å²) >= 11 is 20.9. The molecule has 1 atom stereocenters. The van der Waals surface area contributed by atoms with Gasteiger partial charge in [-0.25, -0.2) is 9.10 Å². The van der Waals surface area contributed by atoms with E-state index in [9.17, 15) is 4.79 Å². The fourth-order valence-electron chi connectivity index (χ4n) is 2.18. The van der Waals surface area contributed by atoms with E-state index in [1.165, 1.54) is 7.05 Å². The predicted molar refractivity (Wildman–Crippen MR) is 110 cm³/mol. The van der Waals surface area contributed by atoms with Crippen molar-refractivity contribution in [3.8, 4) is 11.5 Å². The number of ether oxygens (including phenoxy) is 2. The van der Waals surface area contributed by atoms with Gasteiger partial charge in [0, 0.05) is 30.5 Å². The normalized spacial score (nSPS) is 20.9. The van der Waals surface area contributed by atoms with Gasteiger partial charge in [-0.3, -0.25) is 4.84 Å². The molecule has 1 saturated heterocycles. The molecule has 0 N–H and O–H groups in total. The summed E-state index contributed by atoms with van der Waals surface area (Å²) in [6.07, 6.45) is -0.727. The third-order valence-electron chi connectivity index (χ3n) is 3.25. The molecule has 1 aromatic rings. The number of benzene rings is 1. The predicted octanol–water partition coefficient (Wildman–Crippen LogP) is 5.29. The summed E-state index contributed by atoms with van der Waals surface area (Å²) in [7, 11) is 1.44. The highest BCUT2D eigenvalue weighted by molar-refractivity contribution is 8.18. The molecule has 2 aliphatic rings. The minimum atomic E-state index is -1.66. The van der Waals surface area contributed by atoms with E-state index in [0.29, 0.717) is 22.7 Å². The molecule has 1 fully saturated rings. The third-order valence-corrected chi connectivity index (χ3v) is 7.19. The van der Waals surface area contributed by atoms with Gasteiger partial charge in [0.1, 0.15) is 5.04 Å². The molecule has 2 heterocycles. The Morgan fingerprint density at radius 3 is 2.88 bits per heavy atom. The van der Waals surface area contributed by atoms with Crippen molar-refractivity contribution in [1.29, 1.82) is 0 Å². The van der Waals surface area contributed by atoms with Crippen LogP contribution in [0.15, 0.2) is 23.4 Å². The second-order valence-corrected chi connectivity index (χ2v) is 11.7. The lowest BCUT2D eigenvalue weighted by molar-refractivity contribution is 0.137. The number of halogens is 3. The van der Waals surface area contributed by atoms with Crippen molar-refractivity contribution in [1.82, 2.24) is 4.31 Å². The van der Waals surface area contributed by atoms with Gasteiger partial charge in [0.05, 0.1) is 5.25 Å². The Morgan fingerprint density at radius 1 is 1.35 bits per heavy atom. The largest absolute Gasteiger partial charge is 0.454 e. The molecule has 0 aromatic heterocycles. The van der Waals surface area contributed by atoms with Crippen LogP contribution in [0.25, 0.3) is 0 Å². The van der Waals surface area contributed by atoms with E-state index in [0.717, 1.165) is 27.1 Å². The van der Waals surface area contributed by atoms with Crippen LogP contribution in [0.1, 0.15) is 10.8 Å². The SMILES string of the molecule is CN(SC(Cl)(Cl)Cl)C(=O)ON=C1SCCSC1c1ccc2c(c1)OCO2. The topological polar surface area (TPSA) is 60.4 Å². The molecule has 0 spiro atoms. The van der Waals surface area contributed by atoms with Gasteiger partial charge >= 0.3 is 6.09 Å². The zero-order valence-corrected chi connectivity index (χ0v) is 18.0. The first-order valence-electron chi connectivity index (χ1n) is 7.26. The Kier molecular flexibility index (Phi) is 6.90. The fourth-order valence-corrected chi connectivity index (χ4v) is 6.01. The van der Waals surface area contributed by atoms with E-state index in [1.807, 2.05) is 18.2 Å². The number of rotatable bonds is 3. The molecule has 1 aromatic carbocycles. The maximum atomic E-state index is 12.0. The van der Waals surface area contributed by atoms with Crippen molar-refractivity contribution in [2.75, 3.05) is 25.3 Å². The van der Waals surface area contributed by atoms with Crippen LogP contribution in [-0.2, 0) is 4.84 Å². The zero-order valence-electron chi connectivity index (χ0n) is 13.3. The molecule has 0 radical (unpaired) electrons. The van der Waals surface area contributed by atoms with Gasteiger partial charge in [0.2, 0.25) is 6.79 Å². The maximum absolute atomic E-state index is 12.0. The third kappa shape index (κ3) is 5.36. The molecule has 12 heteroatoms. The van der Waals surface area contributed by atoms with Crippen molar-refractivity contribution in [3.63, 3.8) is 0 Å². The lowest BCUT2D eigenvalue weighted by Gasteiger charge is -2.23. The highest BCUT2D eigenvalue weighted by Gasteiger charge is 2.29. The molecule has 2 aliphatic heterocycles. The summed E-state index contributed by atoms with van der Waals surface area (Å²) < 4.78 is 10.2. The first kappa shape index (κ1) is 20.4. The van der Waals surface area contributed by atoms with Gasteiger partial charge in [-0.05, 0) is 17.7 Å². The Balaban J connectivity index is 1.70. The average Bonchev–Trinajstić information content (AvgIpc) is 3.06. The van der Waals surface area contributed by atoms with Crippen LogP contribution in [0.3, 0.4) is 0 Å². The minimum absolute atomic E-state index is 0.0535. The van der Waals surface area contributed by atoms with Crippen molar-refractivity contribution < 1.29 is 19.1 Å². The number of carbonyl (C=O) groups excluding carboxylic acids is 1. The van der Waals surface area contributed by atoms with Crippen LogP contribution in [0.4, 0.5) is 4.79 Å². The standard InChI is InChI=1S/C14H13Cl3N2O4S3/c1-19(26-14(15,16)17)13(20)23-18-12-11(24-4-5-25-12)8-2-3-9-10(6-8)22-7-21-9/h2-3,6,11H,4-5,7H2,1H3. The maximum Gasteiger partial charge on any atom is 0.445 e. The van der Waals surface area contributed by atoms with Crippen molar-refractivity contribution in [3.05, 3.63) is 23.8 Å². The van der Waals surface area contributed by atoms with Gasteiger partial charge in [0.25, 0.3) is 3.12 Å². The summed E-state index contributed by atoms with van der Waals surface area (Å²) in [6, 6.07) is 5.75. The lowest BCUT2D eigenvalue weighted by Crippen LogP contribution is -2.23. The first-order chi connectivity index (χ1) is 12.3. The summed E-state index contributed by atoms with van der Waals surface area (Å²) in [4.78, 5) is 17.0. The number of hydrogen-bond donors (Lipinski definition) is 0. The molecule has 1 unspecified atom stereocenters. The van der Waals surface area contributed by atoms with Gasteiger partial charge in [-0.15, -0.1) is 23.5 Å². The highest BCUT2D eigenvalue weighted by Crippen LogP contribution is 2.43. The summed E-state index contributed by atoms with van der Waals surface area (Å²) in [5.74, 6) is 3.26. The van der Waals surface area contributed by atoms with E-state index in [2.05, 4.69) is 5.16 Å². The second kappa shape index (κ2) is 8.79. The number of nitrogens with zero attached hydrogens (tertiary/aromatic N) is 2. The lowest BCUT2D eigenvalue weighted by atomic mass is 10.1. The summed E-state index contributed by atoms with van der Waals surface area (Å²) in [6.45, 7) is 0.219. The quantitative estimate of drug-likeness (QED) is 0.255. The van der Waals surface area contributed by atoms with Gasteiger partial charge in [-0.2, -0.15) is 0 Å². The van der Waals surface area contributed by atoms with Crippen LogP contribution in [0.2, 0.25) is 0 Å². The van der Waals surface area contributed by atoms with E-state index in [4.69, 9.17) is 49.1 Å². The molecule has 3 rings (SSSR count). The van der Waals surface area contributed by atoms with Crippen LogP contribution < -0.4 is 9.47 Å². The number of amides is 1. The number of thioether (sulfide) groups is 2. The monoisotopic (exact) mass is 474 g/mol. The van der Waals surface area contributed by atoms with Crippen molar-refractivity contribution in [2.24, 2.45) is 5.16 Å². The molecular formula is C14H13Cl3N2O4S3. The number of hydrogen-bond acceptors (Lipinski definition) is 8. The number of carbonyl (C=O) groups is 1. The number of oxime groups is 1. The number of alkyl halides is 3. The van der Waals surface area contributed by atoms with E-state index < -0.39 is 9.22 Å². The minimum Gasteiger partial charge on any atom is -0.454 e. The van der Waals surface area contributed by atoms with Crippen LogP contribution in [0, 0.1) is 0 Å². The molecule has 0 aliphatic carbocycles. The molecule has 142 valence electrons. The molecule has 26 heavy (non-hydrogen) atoms.